The lowest BCUT2D eigenvalue weighted by Crippen LogP contribution is -2.21. The number of unbranched alkanes of at least 4 members (excludes halogenated alkanes) is 9. The van der Waals surface area contributed by atoms with E-state index in [9.17, 15) is 0 Å². The second kappa shape index (κ2) is 15.0. The van der Waals surface area contributed by atoms with Crippen molar-refractivity contribution in [2.75, 3.05) is 26.7 Å². The molecule has 2 nitrogen and oxygen atoms in total. The number of hydrogen-bond acceptors (Lipinski definition) is 2. The first-order chi connectivity index (χ1) is 8.81. The van der Waals surface area contributed by atoms with Gasteiger partial charge >= 0.3 is 0 Å². The maximum Gasteiger partial charge on any atom is -0.00218 e. The Morgan fingerprint density at radius 2 is 1.11 bits per heavy atom. The predicted molar refractivity (Wildman–Crippen MR) is 83.0 cm³/mol. The highest BCUT2D eigenvalue weighted by atomic mass is 15.1. The molecular weight excluding hydrogens is 220 g/mol. The van der Waals surface area contributed by atoms with Crippen LogP contribution in [0.15, 0.2) is 0 Å². The van der Waals surface area contributed by atoms with Crippen LogP contribution in [0.2, 0.25) is 0 Å². The molecular formula is C16H36N2. The smallest absolute Gasteiger partial charge is 0.00218 e. The van der Waals surface area contributed by atoms with E-state index < -0.39 is 0 Å². The first-order valence-electron chi connectivity index (χ1n) is 8.20. The molecule has 18 heavy (non-hydrogen) atoms. The average Bonchev–Trinajstić information content (AvgIpc) is 2.38. The summed E-state index contributed by atoms with van der Waals surface area (Å²) in [5, 5.41) is 0. The maximum atomic E-state index is 5.49. The third-order valence-corrected chi connectivity index (χ3v) is 3.64. The highest BCUT2D eigenvalue weighted by Gasteiger charge is 1.98. The molecule has 0 bridgehead atoms. The summed E-state index contributed by atoms with van der Waals surface area (Å²) in [4.78, 5) is 2.48. The molecule has 110 valence electrons. The second-order valence-electron chi connectivity index (χ2n) is 5.63. The largest absolute Gasteiger partial charge is 0.330 e. The van der Waals surface area contributed by atoms with Crippen LogP contribution in [0.4, 0.5) is 0 Å². The van der Waals surface area contributed by atoms with Crippen molar-refractivity contribution in [3.63, 3.8) is 0 Å². The number of nitrogens with zero attached hydrogens (tertiary/aromatic N) is 1. The summed E-state index contributed by atoms with van der Waals surface area (Å²) in [6.45, 7) is 5.65. The standard InChI is InChI=1S/C16H36N2/c1-3-4-5-6-7-8-9-12-15-18(2)16-13-10-11-14-17/h3-17H2,1-2H3. The normalized spacial score (nSPS) is 11.3. The van der Waals surface area contributed by atoms with Crippen molar-refractivity contribution < 1.29 is 0 Å². The first kappa shape index (κ1) is 17.9. The first-order valence-corrected chi connectivity index (χ1v) is 8.20. The van der Waals surface area contributed by atoms with Gasteiger partial charge in [0.05, 0.1) is 0 Å². The molecule has 0 aliphatic heterocycles. The Morgan fingerprint density at radius 3 is 1.61 bits per heavy atom. The molecule has 0 aliphatic carbocycles. The van der Waals surface area contributed by atoms with Crippen LogP contribution in [0, 0.1) is 0 Å². The van der Waals surface area contributed by atoms with Crippen LogP contribution in [0.25, 0.3) is 0 Å². The van der Waals surface area contributed by atoms with E-state index in [0.29, 0.717) is 0 Å². The number of nitrogens with two attached hydrogens (primary N) is 1. The third-order valence-electron chi connectivity index (χ3n) is 3.64. The molecule has 2 heteroatoms. The molecule has 2 N–H and O–H groups in total. The lowest BCUT2D eigenvalue weighted by atomic mass is 10.1. The highest BCUT2D eigenvalue weighted by Crippen LogP contribution is 2.08. The van der Waals surface area contributed by atoms with Crippen LogP contribution >= 0.6 is 0 Å². The molecule has 0 heterocycles. The number of hydrogen-bond donors (Lipinski definition) is 1. The molecule has 0 saturated heterocycles. The van der Waals surface area contributed by atoms with E-state index >= 15 is 0 Å². The molecule has 0 aliphatic rings. The molecule has 0 atom stereocenters. The topological polar surface area (TPSA) is 29.3 Å². The van der Waals surface area contributed by atoms with Gasteiger partial charge in [-0.25, -0.2) is 0 Å². The van der Waals surface area contributed by atoms with E-state index in [1.807, 2.05) is 0 Å². The van der Waals surface area contributed by atoms with Crippen LogP contribution in [-0.4, -0.2) is 31.6 Å². The second-order valence-corrected chi connectivity index (χ2v) is 5.63. The fraction of sp³-hybridized carbons (Fsp3) is 1.00. The molecule has 0 radical (unpaired) electrons. The van der Waals surface area contributed by atoms with Gasteiger partial charge in [-0.3, -0.25) is 0 Å². The van der Waals surface area contributed by atoms with Gasteiger partial charge < -0.3 is 10.6 Å². The van der Waals surface area contributed by atoms with Gasteiger partial charge in [0.25, 0.3) is 0 Å². The Hall–Kier alpha value is -0.0800. The van der Waals surface area contributed by atoms with Crippen molar-refractivity contribution in [3.8, 4) is 0 Å². The van der Waals surface area contributed by atoms with Gasteiger partial charge in [-0.15, -0.1) is 0 Å². The van der Waals surface area contributed by atoms with Crippen LogP contribution in [-0.2, 0) is 0 Å². The van der Waals surface area contributed by atoms with E-state index in [0.717, 1.165) is 6.54 Å². The van der Waals surface area contributed by atoms with E-state index in [1.165, 1.54) is 83.7 Å². The zero-order chi connectivity index (χ0) is 13.5. The quantitative estimate of drug-likeness (QED) is 0.472. The lowest BCUT2D eigenvalue weighted by Gasteiger charge is -2.16. The van der Waals surface area contributed by atoms with Gasteiger partial charge in [0.15, 0.2) is 0 Å². The summed E-state index contributed by atoms with van der Waals surface area (Å²) in [6, 6.07) is 0. The Kier molecular flexibility index (Phi) is 14.9. The molecule has 0 spiro atoms. The van der Waals surface area contributed by atoms with Gasteiger partial charge in [-0.05, 0) is 45.9 Å². The molecule has 0 aromatic heterocycles. The van der Waals surface area contributed by atoms with E-state index in [4.69, 9.17) is 5.73 Å². The molecule has 0 aromatic rings. The Bertz CT molecular complexity index is 148. The Labute approximate surface area is 115 Å². The van der Waals surface area contributed by atoms with Crippen molar-refractivity contribution in [1.82, 2.24) is 4.90 Å². The summed E-state index contributed by atoms with van der Waals surface area (Å²) in [5.74, 6) is 0. The van der Waals surface area contributed by atoms with Crippen molar-refractivity contribution in [3.05, 3.63) is 0 Å². The summed E-state index contributed by atoms with van der Waals surface area (Å²) in [7, 11) is 2.25. The van der Waals surface area contributed by atoms with E-state index in [-0.39, 0.29) is 0 Å². The van der Waals surface area contributed by atoms with Crippen LogP contribution < -0.4 is 5.73 Å². The predicted octanol–water partition coefficient (Wildman–Crippen LogP) is 4.19. The zero-order valence-electron chi connectivity index (χ0n) is 12.9. The zero-order valence-corrected chi connectivity index (χ0v) is 12.9. The molecule has 0 rings (SSSR count). The van der Waals surface area contributed by atoms with Crippen LogP contribution in [0.3, 0.4) is 0 Å². The summed E-state index contributed by atoms with van der Waals surface area (Å²) in [5.41, 5.74) is 5.49. The van der Waals surface area contributed by atoms with E-state index in [1.54, 1.807) is 0 Å². The van der Waals surface area contributed by atoms with Gasteiger partial charge in [0.2, 0.25) is 0 Å². The molecule has 0 amide bonds. The molecule has 0 unspecified atom stereocenters. The monoisotopic (exact) mass is 256 g/mol. The van der Waals surface area contributed by atoms with Gasteiger partial charge in [0, 0.05) is 0 Å². The summed E-state index contributed by atoms with van der Waals surface area (Å²) < 4.78 is 0. The van der Waals surface area contributed by atoms with Gasteiger partial charge in [0.1, 0.15) is 0 Å². The minimum atomic E-state index is 0.849. The fourth-order valence-corrected chi connectivity index (χ4v) is 2.33. The van der Waals surface area contributed by atoms with Crippen molar-refractivity contribution >= 4 is 0 Å². The third kappa shape index (κ3) is 14.0. The fourth-order valence-electron chi connectivity index (χ4n) is 2.33. The molecule has 0 aromatic carbocycles. The summed E-state index contributed by atoms with van der Waals surface area (Å²) in [6.07, 6.45) is 15.1. The Balaban J connectivity index is 3.08. The van der Waals surface area contributed by atoms with Crippen LogP contribution in [0.5, 0.6) is 0 Å². The molecule has 0 fully saturated rings. The minimum absolute atomic E-state index is 0.849. The van der Waals surface area contributed by atoms with Crippen molar-refractivity contribution in [1.29, 1.82) is 0 Å². The van der Waals surface area contributed by atoms with Gasteiger partial charge in [-0.2, -0.15) is 0 Å². The maximum absolute atomic E-state index is 5.49. The average molecular weight is 256 g/mol. The van der Waals surface area contributed by atoms with E-state index in [2.05, 4.69) is 18.9 Å². The van der Waals surface area contributed by atoms with Gasteiger partial charge in [-0.1, -0.05) is 58.3 Å². The van der Waals surface area contributed by atoms with Crippen LogP contribution in [0.1, 0.15) is 77.6 Å². The van der Waals surface area contributed by atoms with Crippen molar-refractivity contribution in [2.24, 2.45) is 5.73 Å². The minimum Gasteiger partial charge on any atom is -0.330 e. The molecule has 0 saturated carbocycles. The number of rotatable bonds is 14. The van der Waals surface area contributed by atoms with Crippen molar-refractivity contribution in [2.45, 2.75) is 77.6 Å². The Morgan fingerprint density at radius 1 is 0.667 bits per heavy atom. The SMILES string of the molecule is CCCCCCCCCCN(C)CCCCCN. The lowest BCUT2D eigenvalue weighted by molar-refractivity contribution is 0.315. The highest BCUT2D eigenvalue weighted by molar-refractivity contribution is 4.54. The summed E-state index contributed by atoms with van der Waals surface area (Å²) >= 11 is 0.